The first-order chi connectivity index (χ1) is 12.2. The average molecular weight is 334 g/mol. The van der Waals surface area contributed by atoms with Crippen LogP contribution in [-0.4, -0.2) is 25.4 Å². The van der Waals surface area contributed by atoms with E-state index in [2.05, 4.69) is 50.2 Å². The van der Waals surface area contributed by atoms with Crippen LogP contribution in [0.5, 0.6) is 0 Å². The summed E-state index contributed by atoms with van der Waals surface area (Å²) in [7, 11) is 0. The number of aryl methyl sites for hydroxylation is 2. The van der Waals surface area contributed by atoms with Crippen molar-refractivity contribution < 1.29 is 9.47 Å². The molecule has 2 fully saturated rings. The summed E-state index contributed by atoms with van der Waals surface area (Å²) in [6, 6.07) is 14.1. The topological polar surface area (TPSA) is 25.1 Å². The maximum absolute atomic E-state index is 5.55. The maximum Gasteiger partial charge on any atom is 0.0810 e. The smallest absolute Gasteiger partial charge is 0.0810 e. The van der Waals surface area contributed by atoms with E-state index >= 15 is 0 Å². The molecular formula is C23H26O2. The third kappa shape index (κ3) is 2.72. The van der Waals surface area contributed by atoms with E-state index in [1.165, 1.54) is 46.2 Å². The molecular weight excluding hydrogens is 308 g/mol. The van der Waals surface area contributed by atoms with Gasteiger partial charge in [-0.3, -0.25) is 0 Å². The Balaban J connectivity index is 1.65. The zero-order valence-electron chi connectivity index (χ0n) is 15.2. The highest BCUT2D eigenvalue weighted by atomic mass is 16.6. The van der Waals surface area contributed by atoms with Crippen LogP contribution in [-0.2, 0) is 14.9 Å². The third-order valence-electron chi connectivity index (χ3n) is 6.26. The van der Waals surface area contributed by atoms with Crippen LogP contribution in [0.1, 0.15) is 47.9 Å². The quantitative estimate of drug-likeness (QED) is 0.700. The van der Waals surface area contributed by atoms with Gasteiger partial charge in [0.15, 0.2) is 0 Å². The molecule has 0 saturated carbocycles. The van der Waals surface area contributed by atoms with Crippen molar-refractivity contribution in [1.29, 1.82) is 0 Å². The number of epoxide rings is 2. The lowest BCUT2D eigenvalue weighted by Gasteiger charge is -2.33. The lowest BCUT2D eigenvalue weighted by molar-refractivity contribution is 0.330. The van der Waals surface area contributed by atoms with Crippen LogP contribution in [0.15, 0.2) is 36.4 Å². The lowest BCUT2D eigenvalue weighted by atomic mass is 9.70. The van der Waals surface area contributed by atoms with Crippen LogP contribution in [0.25, 0.3) is 11.1 Å². The van der Waals surface area contributed by atoms with E-state index in [1.807, 2.05) is 0 Å². The molecule has 2 nitrogen and oxygen atoms in total. The summed E-state index contributed by atoms with van der Waals surface area (Å²) in [5.74, 6) is 0. The Hall–Kier alpha value is -1.64. The van der Waals surface area contributed by atoms with Gasteiger partial charge in [0.25, 0.3) is 0 Å². The van der Waals surface area contributed by atoms with Crippen LogP contribution in [0.2, 0.25) is 0 Å². The molecule has 1 aliphatic carbocycles. The summed E-state index contributed by atoms with van der Waals surface area (Å²) in [4.78, 5) is 0. The molecule has 2 aliphatic heterocycles. The molecule has 0 radical (unpaired) electrons. The van der Waals surface area contributed by atoms with Gasteiger partial charge in [0.1, 0.15) is 0 Å². The second-order valence-corrected chi connectivity index (χ2v) is 8.17. The molecule has 3 aliphatic rings. The molecule has 2 aromatic carbocycles. The monoisotopic (exact) mass is 334 g/mol. The van der Waals surface area contributed by atoms with Crippen molar-refractivity contribution in [2.75, 3.05) is 13.2 Å². The van der Waals surface area contributed by atoms with Gasteiger partial charge in [0, 0.05) is 5.41 Å². The minimum atomic E-state index is 0.126. The van der Waals surface area contributed by atoms with E-state index in [4.69, 9.17) is 9.47 Å². The molecule has 2 atom stereocenters. The molecule has 2 aromatic rings. The molecule has 0 N–H and O–H groups in total. The van der Waals surface area contributed by atoms with Gasteiger partial charge in [0.2, 0.25) is 0 Å². The minimum Gasteiger partial charge on any atom is -0.373 e. The molecule has 2 unspecified atom stereocenters. The second kappa shape index (κ2) is 5.69. The van der Waals surface area contributed by atoms with Gasteiger partial charge in [-0.15, -0.1) is 0 Å². The SMILES string of the molecule is Cc1ccc2c(c1)C(CCC1CO1)(CCC1CO1)c1cc(C)ccc1-2. The van der Waals surface area contributed by atoms with Gasteiger partial charge in [-0.25, -0.2) is 0 Å². The fraction of sp³-hybridized carbons (Fsp3) is 0.478. The van der Waals surface area contributed by atoms with Gasteiger partial charge in [-0.2, -0.15) is 0 Å². The van der Waals surface area contributed by atoms with E-state index in [0.29, 0.717) is 12.2 Å². The van der Waals surface area contributed by atoms with Gasteiger partial charge >= 0.3 is 0 Å². The Morgan fingerprint density at radius 1 is 0.800 bits per heavy atom. The Morgan fingerprint density at radius 2 is 1.24 bits per heavy atom. The summed E-state index contributed by atoms with van der Waals surface area (Å²) in [6.45, 7) is 6.33. The van der Waals surface area contributed by atoms with Crippen molar-refractivity contribution in [2.24, 2.45) is 0 Å². The predicted octanol–water partition coefficient (Wildman–Crippen LogP) is 4.93. The van der Waals surface area contributed by atoms with Gasteiger partial charge in [-0.05, 0) is 61.8 Å². The molecule has 0 aromatic heterocycles. The third-order valence-corrected chi connectivity index (χ3v) is 6.26. The molecule has 130 valence electrons. The summed E-state index contributed by atoms with van der Waals surface area (Å²) in [5, 5.41) is 0. The van der Waals surface area contributed by atoms with Crippen molar-refractivity contribution in [3.63, 3.8) is 0 Å². The van der Waals surface area contributed by atoms with Gasteiger partial charge in [0.05, 0.1) is 25.4 Å². The van der Waals surface area contributed by atoms with Crippen molar-refractivity contribution in [1.82, 2.24) is 0 Å². The fourth-order valence-corrected chi connectivity index (χ4v) is 4.67. The Kier molecular flexibility index (Phi) is 3.55. The predicted molar refractivity (Wildman–Crippen MR) is 100 cm³/mol. The molecule has 0 bridgehead atoms. The zero-order valence-corrected chi connectivity index (χ0v) is 15.2. The first-order valence-electron chi connectivity index (χ1n) is 9.61. The van der Waals surface area contributed by atoms with Gasteiger partial charge in [-0.1, -0.05) is 47.5 Å². The van der Waals surface area contributed by atoms with Crippen molar-refractivity contribution in [2.45, 2.75) is 57.2 Å². The molecule has 25 heavy (non-hydrogen) atoms. The summed E-state index contributed by atoms with van der Waals surface area (Å²) in [5.41, 5.74) is 8.79. The van der Waals surface area contributed by atoms with E-state index < -0.39 is 0 Å². The Bertz CT molecular complexity index is 745. The molecule has 0 spiro atoms. The molecule has 5 rings (SSSR count). The van der Waals surface area contributed by atoms with Gasteiger partial charge < -0.3 is 9.47 Å². The standard InChI is InChI=1S/C23H26O2/c1-15-3-5-19-20-6-4-16(2)12-22(20)23(21(19)11-15,9-7-17-13-24-17)10-8-18-14-25-18/h3-6,11-12,17-18H,7-10,13-14H2,1-2H3. The van der Waals surface area contributed by atoms with Crippen LogP contribution in [0, 0.1) is 13.8 Å². The second-order valence-electron chi connectivity index (χ2n) is 8.17. The number of hydrogen-bond acceptors (Lipinski definition) is 2. The summed E-state index contributed by atoms with van der Waals surface area (Å²) >= 11 is 0. The largest absolute Gasteiger partial charge is 0.373 e. The van der Waals surface area contributed by atoms with E-state index in [1.54, 1.807) is 0 Å². The molecule has 2 heteroatoms. The van der Waals surface area contributed by atoms with Crippen molar-refractivity contribution in [3.8, 4) is 11.1 Å². The highest BCUT2D eigenvalue weighted by molar-refractivity contribution is 5.81. The van der Waals surface area contributed by atoms with Crippen LogP contribution >= 0.6 is 0 Å². The van der Waals surface area contributed by atoms with E-state index in [0.717, 1.165) is 26.1 Å². The molecule has 2 saturated heterocycles. The average Bonchev–Trinajstić information content (AvgIpc) is 3.51. The number of rotatable bonds is 6. The van der Waals surface area contributed by atoms with Crippen LogP contribution < -0.4 is 0 Å². The van der Waals surface area contributed by atoms with Crippen molar-refractivity contribution >= 4 is 0 Å². The summed E-state index contributed by atoms with van der Waals surface area (Å²) in [6.07, 6.45) is 5.64. The normalized spacial score (nSPS) is 24.7. The Labute approximate surface area is 150 Å². The maximum atomic E-state index is 5.55. The number of ether oxygens (including phenoxy) is 2. The minimum absolute atomic E-state index is 0.126. The van der Waals surface area contributed by atoms with Crippen molar-refractivity contribution in [3.05, 3.63) is 58.7 Å². The van der Waals surface area contributed by atoms with E-state index in [-0.39, 0.29) is 5.41 Å². The highest BCUT2D eigenvalue weighted by Crippen LogP contribution is 2.55. The number of benzene rings is 2. The molecule has 0 amide bonds. The molecule has 2 heterocycles. The first-order valence-corrected chi connectivity index (χ1v) is 9.61. The summed E-state index contributed by atoms with van der Waals surface area (Å²) < 4.78 is 11.1. The highest BCUT2D eigenvalue weighted by Gasteiger charge is 2.44. The zero-order chi connectivity index (χ0) is 17.0. The van der Waals surface area contributed by atoms with Crippen LogP contribution in [0.3, 0.4) is 0 Å². The van der Waals surface area contributed by atoms with E-state index in [9.17, 15) is 0 Å². The van der Waals surface area contributed by atoms with Crippen LogP contribution in [0.4, 0.5) is 0 Å². The first kappa shape index (κ1) is 15.6. The lowest BCUT2D eigenvalue weighted by Crippen LogP contribution is -2.27. The Morgan fingerprint density at radius 3 is 1.64 bits per heavy atom. The fourth-order valence-electron chi connectivity index (χ4n) is 4.67. The number of hydrogen-bond donors (Lipinski definition) is 0. The number of fused-ring (bicyclic) bond motifs is 3.